The van der Waals surface area contributed by atoms with Crippen molar-refractivity contribution >= 4 is 33.6 Å². The van der Waals surface area contributed by atoms with Crippen LogP contribution in [0.25, 0.3) is 11.0 Å². The van der Waals surface area contributed by atoms with Crippen LogP contribution in [-0.2, 0) is 15.5 Å². The van der Waals surface area contributed by atoms with Gasteiger partial charge in [-0.15, -0.1) is 0 Å². The minimum Gasteiger partial charge on any atom is -0.444 e. The Labute approximate surface area is 171 Å². The zero-order chi connectivity index (χ0) is 21.2. The average molecular weight is 420 g/mol. The van der Waals surface area contributed by atoms with E-state index >= 15 is 0 Å². The molecule has 0 saturated carbocycles. The first-order valence-electron chi connectivity index (χ1n) is 9.40. The largest absolute Gasteiger partial charge is 0.444 e. The maximum atomic E-state index is 12.7. The molecule has 2 heterocycles. The number of hydrogen-bond acceptors (Lipinski definition) is 7. The van der Waals surface area contributed by atoms with Crippen molar-refractivity contribution in [3.05, 3.63) is 34.5 Å². The molecule has 2 aromatic rings. The van der Waals surface area contributed by atoms with Crippen molar-refractivity contribution in [2.45, 2.75) is 44.2 Å². The third kappa shape index (κ3) is 5.47. The minimum atomic E-state index is -1.33. The molecule has 0 aliphatic carbocycles. The number of piperidine rings is 1. The van der Waals surface area contributed by atoms with Crippen LogP contribution < -0.4 is 0 Å². The molecule has 1 unspecified atom stereocenters. The maximum Gasteiger partial charge on any atom is 0.410 e. The summed E-state index contributed by atoms with van der Waals surface area (Å²) in [5.74, 6) is 0.652. The van der Waals surface area contributed by atoms with E-state index in [0.29, 0.717) is 34.9 Å². The number of benzene rings is 1. The zero-order valence-corrected chi connectivity index (χ0v) is 17.5. The average Bonchev–Trinajstić information content (AvgIpc) is 2.66. The fraction of sp³-hybridized carbons (Fsp3) is 0.526. The molecule has 3 rings (SSSR count). The number of aromatic nitrogens is 2. The van der Waals surface area contributed by atoms with Gasteiger partial charge >= 0.3 is 6.09 Å². The fourth-order valence-electron chi connectivity index (χ4n) is 3.11. The molecule has 1 saturated heterocycles. The lowest BCUT2D eigenvalue weighted by atomic mass is 9.99. The van der Waals surface area contributed by atoms with Gasteiger partial charge in [0.2, 0.25) is 0 Å². The molecule has 0 radical (unpaired) electrons. The van der Waals surface area contributed by atoms with E-state index < -0.39 is 21.3 Å². The number of non-ortho nitro benzene ring substituents is 1. The lowest BCUT2D eigenvalue weighted by Gasteiger charge is -2.33. The standard InChI is InChI=1S/C19H24N4O5S/c1-19(2,3)28-18(24)22-8-6-13(7-9-22)12-29(27)17-11-20-16-10-14(23(25)26)4-5-15(16)21-17/h4-5,10-11,13H,6-9,12H2,1-3H3. The predicted octanol–water partition coefficient (Wildman–Crippen LogP) is 3.29. The highest BCUT2D eigenvalue weighted by atomic mass is 32.2. The summed E-state index contributed by atoms with van der Waals surface area (Å²) in [7, 11) is -1.33. The molecule has 1 aromatic heterocycles. The van der Waals surface area contributed by atoms with Crippen molar-refractivity contribution in [2.75, 3.05) is 18.8 Å². The number of rotatable bonds is 4. The Hall–Kier alpha value is -2.62. The topological polar surface area (TPSA) is 116 Å². The van der Waals surface area contributed by atoms with E-state index in [2.05, 4.69) is 9.97 Å². The van der Waals surface area contributed by atoms with E-state index in [1.54, 1.807) is 4.90 Å². The third-order valence-electron chi connectivity index (χ3n) is 4.60. The number of likely N-dealkylation sites (tertiary alicyclic amines) is 1. The van der Waals surface area contributed by atoms with Gasteiger partial charge < -0.3 is 9.64 Å². The number of carbonyl (C=O) groups is 1. The van der Waals surface area contributed by atoms with Crippen molar-refractivity contribution in [1.82, 2.24) is 14.9 Å². The summed E-state index contributed by atoms with van der Waals surface area (Å²) in [6, 6.07) is 4.22. The van der Waals surface area contributed by atoms with Crippen LogP contribution in [0.1, 0.15) is 33.6 Å². The number of carbonyl (C=O) groups excluding carboxylic acids is 1. The number of nitrogens with zero attached hydrogens (tertiary/aromatic N) is 4. The number of nitro benzene ring substituents is 1. The molecule has 1 atom stereocenters. The Morgan fingerprint density at radius 3 is 2.62 bits per heavy atom. The number of amides is 1. The van der Waals surface area contributed by atoms with Crippen LogP contribution in [0.3, 0.4) is 0 Å². The van der Waals surface area contributed by atoms with E-state index in [4.69, 9.17) is 4.74 Å². The van der Waals surface area contributed by atoms with Gasteiger partial charge in [-0.3, -0.25) is 19.3 Å². The van der Waals surface area contributed by atoms with Crippen molar-refractivity contribution in [3.8, 4) is 0 Å². The van der Waals surface area contributed by atoms with Crippen LogP contribution in [-0.4, -0.2) is 54.5 Å². The molecule has 9 nitrogen and oxygen atoms in total. The van der Waals surface area contributed by atoms with Crippen molar-refractivity contribution < 1.29 is 18.7 Å². The lowest BCUT2D eigenvalue weighted by molar-refractivity contribution is -0.384. The van der Waals surface area contributed by atoms with Crippen molar-refractivity contribution in [1.29, 1.82) is 0 Å². The Morgan fingerprint density at radius 1 is 1.31 bits per heavy atom. The van der Waals surface area contributed by atoms with E-state index in [9.17, 15) is 19.1 Å². The van der Waals surface area contributed by atoms with Crippen LogP contribution >= 0.6 is 0 Å². The highest BCUT2D eigenvalue weighted by Gasteiger charge is 2.28. The highest BCUT2D eigenvalue weighted by molar-refractivity contribution is 7.84. The van der Waals surface area contributed by atoms with E-state index in [0.717, 1.165) is 12.8 Å². The SMILES string of the molecule is CC(C)(C)OC(=O)N1CCC(CS(=O)c2cnc3cc([N+](=O)[O-])ccc3n2)CC1. The number of hydrogen-bond donors (Lipinski definition) is 0. The summed E-state index contributed by atoms with van der Waals surface area (Å²) in [5.41, 5.74) is 0.286. The third-order valence-corrected chi connectivity index (χ3v) is 6.04. The van der Waals surface area contributed by atoms with Crippen LogP contribution in [0, 0.1) is 16.0 Å². The van der Waals surface area contributed by atoms with Gasteiger partial charge in [-0.2, -0.15) is 0 Å². The maximum absolute atomic E-state index is 12.7. The molecule has 1 aliphatic rings. The lowest BCUT2D eigenvalue weighted by Crippen LogP contribution is -2.42. The van der Waals surface area contributed by atoms with Gasteiger partial charge in [-0.25, -0.2) is 9.78 Å². The number of nitro groups is 1. The Bertz CT molecular complexity index is 951. The molecule has 156 valence electrons. The molecule has 1 aliphatic heterocycles. The van der Waals surface area contributed by atoms with Gasteiger partial charge in [-0.1, -0.05) is 0 Å². The summed E-state index contributed by atoms with van der Waals surface area (Å²) in [4.78, 5) is 32.7. The summed E-state index contributed by atoms with van der Waals surface area (Å²) < 4.78 is 18.1. The van der Waals surface area contributed by atoms with Crippen molar-refractivity contribution in [2.24, 2.45) is 5.92 Å². The van der Waals surface area contributed by atoms with Crippen LogP contribution in [0.2, 0.25) is 0 Å². The molecule has 29 heavy (non-hydrogen) atoms. The van der Waals surface area contributed by atoms with E-state index in [-0.39, 0.29) is 17.7 Å². The first-order chi connectivity index (χ1) is 13.6. The predicted molar refractivity (Wildman–Crippen MR) is 108 cm³/mol. The van der Waals surface area contributed by atoms with Gasteiger partial charge in [0.1, 0.15) is 10.6 Å². The van der Waals surface area contributed by atoms with Crippen LogP contribution in [0.5, 0.6) is 0 Å². The summed E-state index contributed by atoms with van der Waals surface area (Å²) in [5, 5.41) is 11.2. The first kappa shape index (κ1) is 21.1. The molecule has 0 bridgehead atoms. The van der Waals surface area contributed by atoms with Gasteiger partial charge in [0.15, 0.2) is 0 Å². The second-order valence-electron chi connectivity index (χ2n) is 8.06. The second kappa shape index (κ2) is 8.40. The Morgan fingerprint density at radius 2 is 2.00 bits per heavy atom. The van der Waals surface area contributed by atoms with E-state index in [1.807, 2.05) is 20.8 Å². The molecular weight excluding hydrogens is 396 g/mol. The Balaban J connectivity index is 1.59. The minimum absolute atomic E-state index is 0.0579. The molecule has 0 N–H and O–H groups in total. The fourth-order valence-corrected chi connectivity index (χ4v) is 4.42. The highest BCUT2D eigenvalue weighted by Crippen LogP contribution is 2.23. The number of fused-ring (bicyclic) bond motifs is 1. The van der Waals surface area contributed by atoms with Gasteiger partial charge in [0.25, 0.3) is 5.69 Å². The van der Waals surface area contributed by atoms with Crippen LogP contribution in [0.4, 0.5) is 10.5 Å². The molecule has 1 amide bonds. The summed E-state index contributed by atoms with van der Waals surface area (Å²) in [6.07, 6.45) is 2.60. The summed E-state index contributed by atoms with van der Waals surface area (Å²) in [6.45, 7) is 6.66. The quantitative estimate of drug-likeness (QED) is 0.550. The normalized spacial score (nSPS) is 16.6. The summed E-state index contributed by atoms with van der Waals surface area (Å²) >= 11 is 0. The molecule has 1 aromatic carbocycles. The second-order valence-corrected chi connectivity index (χ2v) is 9.50. The molecule has 1 fully saturated rings. The smallest absolute Gasteiger partial charge is 0.410 e. The zero-order valence-electron chi connectivity index (χ0n) is 16.7. The Kier molecular flexibility index (Phi) is 6.11. The molecule has 0 spiro atoms. The van der Waals surface area contributed by atoms with E-state index in [1.165, 1.54) is 24.4 Å². The number of ether oxygens (including phenoxy) is 1. The van der Waals surface area contributed by atoms with Crippen LogP contribution in [0.15, 0.2) is 29.4 Å². The molecular formula is C19H24N4O5S. The van der Waals surface area contributed by atoms with Gasteiger partial charge in [0, 0.05) is 31.0 Å². The first-order valence-corrected chi connectivity index (χ1v) is 10.7. The van der Waals surface area contributed by atoms with Gasteiger partial charge in [0.05, 0.1) is 33.0 Å². The van der Waals surface area contributed by atoms with Gasteiger partial charge in [-0.05, 0) is 45.6 Å². The van der Waals surface area contributed by atoms with Crippen molar-refractivity contribution in [3.63, 3.8) is 0 Å². The molecule has 10 heteroatoms. The monoisotopic (exact) mass is 420 g/mol.